The number of esters is 1. The maximum absolute atomic E-state index is 12.8. The summed E-state index contributed by atoms with van der Waals surface area (Å²) in [6.45, 7) is 1.86. The zero-order chi connectivity index (χ0) is 20.3. The number of ether oxygens (including phenoxy) is 2. The first-order valence-electron chi connectivity index (χ1n) is 8.42. The molecule has 0 saturated heterocycles. The predicted molar refractivity (Wildman–Crippen MR) is 96.5 cm³/mol. The quantitative estimate of drug-likeness (QED) is 0.591. The molecule has 0 bridgehead atoms. The minimum atomic E-state index is -4.43. The van der Waals surface area contributed by atoms with Crippen molar-refractivity contribution in [2.75, 3.05) is 13.7 Å². The summed E-state index contributed by atoms with van der Waals surface area (Å²) in [6, 6.07) is 11.6. The van der Waals surface area contributed by atoms with Crippen LogP contribution in [0.15, 0.2) is 54.7 Å². The number of hydrogen-bond acceptors (Lipinski definition) is 4. The van der Waals surface area contributed by atoms with Gasteiger partial charge >= 0.3 is 12.1 Å². The van der Waals surface area contributed by atoms with E-state index in [2.05, 4.69) is 4.98 Å². The third kappa shape index (κ3) is 4.00. The Hall–Kier alpha value is -3.29. The number of hydrogen-bond donors (Lipinski definition) is 0. The van der Waals surface area contributed by atoms with Crippen LogP contribution in [-0.2, 0) is 10.9 Å². The second-order valence-corrected chi connectivity index (χ2v) is 5.81. The molecule has 0 aliphatic rings. The molecule has 8 heteroatoms. The number of alkyl halides is 3. The minimum Gasteiger partial charge on any atom is -0.497 e. The van der Waals surface area contributed by atoms with Crippen LogP contribution in [0.3, 0.4) is 0 Å². The number of methoxy groups -OCH3 is 1. The molecule has 0 unspecified atom stereocenters. The van der Waals surface area contributed by atoms with Gasteiger partial charge in [0.05, 0.1) is 19.3 Å². The van der Waals surface area contributed by atoms with E-state index < -0.39 is 17.7 Å². The van der Waals surface area contributed by atoms with Crippen LogP contribution >= 0.6 is 0 Å². The number of carbonyl (C=O) groups excluding carboxylic acids is 1. The third-order valence-electron chi connectivity index (χ3n) is 4.01. The van der Waals surface area contributed by atoms with E-state index in [1.54, 1.807) is 35.8 Å². The zero-order valence-electron chi connectivity index (χ0n) is 15.2. The highest BCUT2D eigenvalue weighted by Crippen LogP contribution is 2.31. The summed E-state index contributed by atoms with van der Waals surface area (Å²) in [5.41, 5.74) is 0.402. The van der Waals surface area contributed by atoms with Gasteiger partial charge in [-0.05, 0) is 55.5 Å². The maximum atomic E-state index is 12.8. The number of carbonyl (C=O) groups is 1. The first-order chi connectivity index (χ1) is 13.3. The van der Waals surface area contributed by atoms with E-state index in [1.165, 1.54) is 25.4 Å². The summed E-state index contributed by atoms with van der Waals surface area (Å²) in [4.78, 5) is 16.4. The molecule has 146 valence electrons. The predicted octanol–water partition coefficient (Wildman–Crippen LogP) is 4.74. The molecule has 0 aliphatic heterocycles. The summed E-state index contributed by atoms with van der Waals surface area (Å²) < 4.78 is 50.2. The summed E-state index contributed by atoms with van der Waals surface area (Å²) in [6.07, 6.45) is -2.98. The topological polar surface area (TPSA) is 53.4 Å². The van der Waals surface area contributed by atoms with Crippen molar-refractivity contribution in [3.05, 3.63) is 66.0 Å². The molecule has 0 amide bonds. The molecule has 0 aliphatic carbocycles. The van der Waals surface area contributed by atoms with Crippen molar-refractivity contribution in [1.29, 1.82) is 0 Å². The van der Waals surface area contributed by atoms with E-state index in [0.29, 0.717) is 22.8 Å². The Morgan fingerprint density at radius 3 is 2.25 bits per heavy atom. The molecule has 28 heavy (non-hydrogen) atoms. The van der Waals surface area contributed by atoms with Crippen LogP contribution < -0.4 is 4.74 Å². The van der Waals surface area contributed by atoms with Crippen LogP contribution in [0.4, 0.5) is 13.2 Å². The van der Waals surface area contributed by atoms with Crippen LogP contribution in [0.25, 0.3) is 17.1 Å². The van der Waals surface area contributed by atoms with Crippen LogP contribution in [-0.4, -0.2) is 29.2 Å². The number of benzene rings is 2. The Bertz CT molecular complexity index is 962. The molecule has 5 nitrogen and oxygen atoms in total. The zero-order valence-corrected chi connectivity index (χ0v) is 15.2. The third-order valence-corrected chi connectivity index (χ3v) is 4.01. The lowest BCUT2D eigenvalue weighted by atomic mass is 10.1. The standard InChI is InChI=1S/C20H17F3N2O3/c1-3-28-19(26)17-12-25(15-8-6-14(7-9-15)20(21,22)23)18(24-17)13-4-10-16(27-2)11-5-13/h4-12H,3H2,1-2H3. The summed E-state index contributed by atoms with van der Waals surface area (Å²) in [5, 5.41) is 0. The summed E-state index contributed by atoms with van der Waals surface area (Å²) in [5.74, 6) is 0.426. The second-order valence-electron chi connectivity index (χ2n) is 5.81. The van der Waals surface area contributed by atoms with E-state index in [-0.39, 0.29) is 12.3 Å². The Labute approximate surface area is 159 Å². The lowest BCUT2D eigenvalue weighted by Crippen LogP contribution is -2.05. The molecule has 0 spiro atoms. The molecule has 1 aromatic heterocycles. The van der Waals surface area contributed by atoms with Crippen LogP contribution in [0.1, 0.15) is 23.0 Å². The molecule has 3 aromatic rings. The second kappa shape index (κ2) is 7.75. The van der Waals surface area contributed by atoms with Gasteiger partial charge in [-0.3, -0.25) is 4.57 Å². The highest BCUT2D eigenvalue weighted by molar-refractivity contribution is 5.88. The minimum absolute atomic E-state index is 0.0626. The fourth-order valence-electron chi connectivity index (χ4n) is 2.64. The molecule has 0 N–H and O–H groups in total. The van der Waals surface area contributed by atoms with Crippen molar-refractivity contribution < 1.29 is 27.4 Å². The maximum Gasteiger partial charge on any atom is 0.416 e. The monoisotopic (exact) mass is 390 g/mol. The van der Waals surface area contributed by atoms with Crippen LogP contribution in [0.2, 0.25) is 0 Å². The van der Waals surface area contributed by atoms with Crippen molar-refractivity contribution in [1.82, 2.24) is 9.55 Å². The van der Waals surface area contributed by atoms with Gasteiger partial charge in [0.2, 0.25) is 0 Å². The Morgan fingerprint density at radius 2 is 1.71 bits per heavy atom. The van der Waals surface area contributed by atoms with Gasteiger partial charge in [0.1, 0.15) is 11.6 Å². The summed E-state index contributed by atoms with van der Waals surface area (Å²) in [7, 11) is 1.54. The average molecular weight is 390 g/mol. The number of halogens is 3. The van der Waals surface area contributed by atoms with E-state index in [0.717, 1.165) is 12.1 Å². The van der Waals surface area contributed by atoms with Crippen LogP contribution in [0, 0.1) is 0 Å². The molecule has 0 fully saturated rings. The number of nitrogens with zero attached hydrogens (tertiary/aromatic N) is 2. The van der Waals surface area contributed by atoms with Crippen molar-refractivity contribution in [2.24, 2.45) is 0 Å². The van der Waals surface area contributed by atoms with Crippen molar-refractivity contribution in [2.45, 2.75) is 13.1 Å². The molecule has 3 rings (SSSR count). The van der Waals surface area contributed by atoms with Gasteiger partial charge in [-0.1, -0.05) is 0 Å². The van der Waals surface area contributed by atoms with E-state index in [1.807, 2.05) is 0 Å². The van der Waals surface area contributed by atoms with Crippen molar-refractivity contribution in [3.8, 4) is 22.8 Å². The Kier molecular flexibility index (Phi) is 5.39. The molecular weight excluding hydrogens is 373 g/mol. The van der Waals surface area contributed by atoms with Crippen molar-refractivity contribution in [3.63, 3.8) is 0 Å². The van der Waals surface area contributed by atoms with Gasteiger partial charge in [-0.15, -0.1) is 0 Å². The van der Waals surface area contributed by atoms with E-state index in [9.17, 15) is 18.0 Å². The smallest absolute Gasteiger partial charge is 0.416 e. The molecule has 2 aromatic carbocycles. The fraction of sp³-hybridized carbons (Fsp3) is 0.200. The van der Waals surface area contributed by atoms with Crippen molar-refractivity contribution >= 4 is 5.97 Å². The van der Waals surface area contributed by atoms with Gasteiger partial charge in [-0.2, -0.15) is 13.2 Å². The molecule has 0 saturated carbocycles. The van der Waals surface area contributed by atoms with E-state index >= 15 is 0 Å². The molecule has 0 atom stereocenters. The summed E-state index contributed by atoms with van der Waals surface area (Å²) >= 11 is 0. The van der Waals surface area contributed by atoms with Gasteiger partial charge in [0.25, 0.3) is 0 Å². The Morgan fingerprint density at radius 1 is 1.07 bits per heavy atom. The largest absolute Gasteiger partial charge is 0.497 e. The Balaban J connectivity index is 2.08. The normalized spacial score (nSPS) is 11.3. The van der Waals surface area contributed by atoms with Crippen LogP contribution in [0.5, 0.6) is 5.75 Å². The van der Waals surface area contributed by atoms with Gasteiger partial charge in [0.15, 0.2) is 5.69 Å². The number of rotatable bonds is 5. The van der Waals surface area contributed by atoms with E-state index in [4.69, 9.17) is 9.47 Å². The SMILES string of the molecule is CCOC(=O)c1cn(-c2ccc(C(F)(F)F)cc2)c(-c2ccc(OC)cc2)n1. The van der Waals surface area contributed by atoms with Gasteiger partial charge in [-0.25, -0.2) is 9.78 Å². The fourth-order valence-corrected chi connectivity index (χ4v) is 2.64. The first kappa shape index (κ1) is 19.5. The highest BCUT2D eigenvalue weighted by atomic mass is 19.4. The lowest BCUT2D eigenvalue weighted by molar-refractivity contribution is -0.137. The average Bonchev–Trinajstić information content (AvgIpc) is 3.13. The van der Waals surface area contributed by atoms with Gasteiger partial charge in [0, 0.05) is 17.4 Å². The number of imidazole rings is 1. The lowest BCUT2D eigenvalue weighted by Gasteiger charge is -2.11. The van der Waals surface area contributed by atoms with Gasteiger partial charge < -0.3 is 9.47 Å². The first-order valence-corrected chi connectivity index (χ1v) is 8.42. The highest BCUT2D eigenvalue weighted by Gasteiger charge is 2.30. The number of aromatic nitrogens is 2. The molecule has 1 heterocycles. The molecular formula is C20H17F3N2O3. The molecule has 0 radical (unpaired) electrons.